The van der Waals surface area contributed by atoms with Crippen LogP contribution in [0.25, 0.3) is 0 Å². The number of carbonyl (C=O) groups excluding carboxylic acids is 4. The van der Waals surface area contributed by atoms with E-state index in [1.807, 2.05) is 83.5 Å². The number of rotatable bonds is 13. The molecule has 0 aromatic heterocycles. The molecular formula is C35H48F3N5O6S. The third-order valence-electron chi connectivity index (χ3n) is 8.35. The van der Waals surface area contributed by atoms with Crippen LogP contribution in [-0.4, -0.2) is 75.3 Å². The monoisotopic (exact) mass is 723 g/mol. The molecule has 276 valence electrons. The minimum Gasteiger partial charge on any atom is -0.342 e. The van der Waals surface area contributed by atoms with Crippen molar-refractivity contribution in [3.63, 3.8) is 0 Å². The number of halogens is 3. The van der Waals surface area contributed by atoms with Crippen molar-refractivity contribution in [1.82, 2.24) is 20.3 Å². The highest BCUT2D eigenvalue weighted by Gasteiger charge is 2.42. The molecule has 0 unspecified atom stereocenters. The fraction of sp³-hybridized carbons (Fsp3) is 0.486. The van der Waals surface area contributed by atoms with Gasteiger partial charge in [0.05, 0.1) is 17.0 Å². The van der Waals surface area contributed by atoms with Gasteiger partial charge in [0.2, 0.25) is 11.8 Å². The number of likely N-dealkylation sites (N-methyl/N-ethyl adjacent to an activating group) is 2. The number of sulfonamides is 1. The molecule has 0 aliphatic heterocycles. The van der Waals surface area contributed by atoms with Crippen molar-refractivity contribution in [3.05, 3.63) is 71.8 Å². The molecule has 15 heteroatoms. The molecule has 11 nitrogen and oxygen atoms in total. The Hall–Kier alpha value is -4.24. The minimum absolute atomic E-state index is 0.0304. The molecule has 0 heterocycles. The number of nitrogens with zero attached hydrogens (tertiary/aromatic N) is 1. The van der Waals surface area contributed by atoms with Crippen LogP contribution in [0.4, 0.5) is 18.9 Å². The van der Waals surface area contributed by atoms with Crippen molar-refractivity contribution >= 4 is 39.3 Å². The van der Waals surface area contributed by atoms with Gasteiger partial charge in [0, 0.05) is 23.7 Å². The lowest BCUT2D eigenvalue weighted by atomic mass is 9.76. The van der Waals surface area contributed by atoms with E-state index in [4.69, 9.17) is 0 Å². The SMILES string of the molecule is CN[C@H](C(=O)N[C@H](C(=O)N(C)[C@H](/C=C(\C)C(=O)NS(=O)(=O)c1ccc(NC(=O)C(F)(F)F)cc1)C(C)C)C(C)(C)C)C(C)(C)c1ccccc1. The van der Waals surface area contributed by atoms with Crippen molar-refractivity contribution in [2.75, 3.05) is 19.4 Å². The highest BCUT2D eigenvalue weighted by Crippen LogP contribution is 2.29. The molecular weight excluding hydrogens is 675 g/mol. The Morgan fingerprint density at radius 1 is 0.860 bits per heavy atom. The van der Waals surface area contributed by atoms with Crippen LogP contribution in [0, 0.1) is 11.3 Å². The van der Waals surface area contributed by atoms with Gasteiger partial charge in [0.15, 0.2) is 0 Å². The van der Waals surface area contributed by atoms with Gasteiger partial charge in [-0.25, -0.2) is 13.1 Å². The first-order chi connectivity index (χ1) is 22.8. The molecule has 0 saturated carbocycles. The maximum atomic E-state index is 14.1. The van der Waals surface area contributed by atoms with E-state index in [0.717, 1.165) is 29.8 Å². The Morgan fingerprint density at radius 2 is 1.40 bits per heavy atom. The van der Waals surface area contributed by atoms with Crippen LogP contribution in [0.2, 0.25) is 0 Å². The van der Waals surface area contributed by atoms with E-state index >= 15 is 0 Å². The van der Waals surface area contributed by atoms with Crippen molar-refractivity contribution < 1.29 is 40.8 Å². The number of carbonyl (C=O) groups is 4. The van der Waals surface area contributed by atoms with Gasteiger partial charge >= 0.3 is 12.1 Å². The zero-order chi connectivity index (χ0) is 38.4. The summed E-state index contributed by atoms with van der Waals surface area (Å²) in [5, 5.41) is 7.65. The normalized spacial score (nSPS) is 14.7. The number of anilines is 1. The first kappa shape index (κ1) is 41.9. The average molecular weight is 724 g/mol. The molecule has 4 N–H and O–H groups in total. The summed E-state index contributed by atoms with van der Waals surface area (Å²) in [5.74, 6) is -4.27. The summed E-state index contributed by atoms with van der Waals surface area (Å²) in [7, 11) is -1.25. The number of hydrogen-bond acceptors (Lipinski definition) is 7. The lowest BCUT2D eigenvalue weighted by Crippen LogP contribution is -2.61. The fourth-order valence-electron chi connectivity index (χ4n) is 5.34. The number of amides is 4. The molecule has 0 bridgehead atoms. The Bertz CT molecular complexity index is 1670. The molecule has 50 heavy (non-hydrogen) atoms. The predicted molar refractivity (Wildman–Crippen MR) is 185 cm³/mol. The average Bonchev–Trinajstić information content (AvgIpc) is 3.01. The van der Waals surface area contributed by atoms with Crippen molar-refractivity contribution in [2.24, 2.45) is 11.3 Å². The summed E-state index contributed by atoms with van der Waals surface area (Å²) in [6.07, 6.45) is -3.67. The number of benzene rings is 2. The summed E-state index contributed by atoms with van der Waals surface area (Å²) in [5.41, 5.74) is -0.772. The van der Waals surface area contributed by atoms with E-state index in [2.05, 4.69) is 10.6 Å². The van der Waals surface area contributed by atoms with E-state index in [-0.39, 0.29) is 23.1 Å². The van der Waals surface area contributed by atoms with Crippen LogP contribution in [0.1, 0.15) is 61.0 Å². The third kappa shape index (κ3) is 10.6. The summed E-state index contributed by atoms with van der Waals surface area (Å²) in [6, 6.07) is 10.9. The Kier molecular flexibility index (Phi) is 13.6. The zero-order valence-corrected chi connectivity index (χ0v) is 30.8. The topological polar surface area (TPSA) is 154 Å². The van der Waals surface area contributed by atoms with E-state index < -0.39 is 67.8 Å². The Balaban J connectivity index is 2.29. The summed E-state index contributed by atoms with van der Waals surface area (Å²) < 4.78 is 65.3. The van der Waals surface area contributed by atoms with Crippen molar-refractivity contribution in [3.8, 4) is 0 Å². The zero-order valence-electron chi connectivity index (χ0n) is 30.0. The van der Waals surface area contributed by atoms with Gasteiger partial charge in [0.1, 0.15) is 6.04 Å². The van der Waals surface area contributed by atoms with E-state index in [0.29, 0.717) is 0 Å². The second-order valence-electron chi connectivity index (χ2n) is 14.1. The maximum Gasteiger partial charge on any atom is 0.471 e. The summed E-state index contributed by atoms with van der Waals surface area (Å²) >= 11 is 0. The van der Waals surface area contributed by atoms with Gasteiger partial charge in [-0.15, -0.1) is 0 Å². The number of nitrogens with one attached hydrogen (secondary N) is 4. The maximum absolute atomic E-state index is 14.1. The fourth-order valence-corrected chi connectivity index (χ4v) is 6.36. The van der Waals surface area contributed by atoms with E-state index in [1.54, 1.807) is 19.4 Å². The number of alkyl halides is 3. The minimum atomic E-state index is -5.13. The van der Waals surface area contributed by atoms with Crippen LogP contribution in [0.5, 0.6) is 0 Å². The van der Waals surface area contributed by atoms with Crippen molar-refractivity contribution in [1.29, 1.82) is 0 Å². The first-order valence-corrected chi connectivity index (χ1v) is 17.4. The molecule has 0 fully saturated rings. The first-order valence-electron chi connectivity index (χ1n) is 15.9. The summed E-state index contributed by atoms with van der Waals surface area (Å²) in [6.45, 7) is 14.3. The second kappa shape index (κ2) is 16.2. The molecule has 2 aromatic rings. The molecule has 0 radical (unpaired) electrons. The van der Waals surface area contributed by atoms with Crippen LogP contribution >= 0.6 is 0 Å². The lowest BCUT2D eigenvalue weighted by Gasteiger charge is -2.40. The summed E-state index contributed by atoms with van der Waals surface area (Å²) in [4.78, 5) is 53.1. The molecule has 3 atom stereocenters. The molecule has 0 spiro atoms. The van der Waals surface area contributed by atoms with Gasteiger partial charge in [0.25, 0.3) is 15.9 Å². The standard InChI is InChI=1S/C35H48F3N5O6S/c1-21(2)26(20-22(3)29(44)42-50(48,49)25-18-16-24(17-19-25)40-32(47)35(36,37)38)43(10)31(46)28(33(4,5)6)41-30(45)27(39-9)34(7,8)23-14-12-11-13-15-23/h11-21,26-28,39H,1-10H3,(H,40,47)(H,41,45)(H,42,44)/b22-20+/t26-,27-,28-/m1/s1. The molecule has 0 saturated heterocycles. The van der Waals surface area contributed by atoms with Crippen molar-refractivity contribution in [2.45, 2.75) is 90.0 Å². The Morgan fingerprint density at radius 3 is 1.86 bits per heavy atom. The highest BCUT2D eigenvalue weighted by molar-refractivity contribution is 7.90. The predicted octanol–water partition coefficient (Wildman–Crippen LogP) is 4.52. The second-order valence-corrected chi connectivity index (χ2v) is 15.7. The van der Waals surface area contributed by atoms with E-state index in [1.165, 1.54) is 17.9 Å². The van der Waals surface area contributed by atoms with Crippen LogP contribution in [0.3, 0.4) is 0 Å². The smallest absolute Gasteiger partial charge is 0.342 e. The van der Waals surface area contributed by atoms with E-state index in [9.17, 15) is 40.8 Å². The molecule has 2 rings (SSSR count). The Labute approximate surface area is 292 Å². The van der Waals surface area contributed by atoms with Gasteiger partial charge in [-0.3, -0.25) is 19.2 Å². The number of hydrogen-bond donors (Lipinski definition) is 4. The third-order valence-corrected chi connectivity index (χ3v) is 9.70. The lowest BCUT2D eigenvalue weighted by molar-refractivity contribution is -0.167. The van der Waals surface area contributed by atoms with Crippen LogP contribution < -0.4 is 20.7 Å². The quantitative estimate of drug-likeness (QED) is 0.222. The highest BCUT2D eigenvalue weighted by atomic mass is 32.2. The molecule has 0 aliphatic carbocycles. The molecule has 4 amide bonds. The van der Waals surface area contributed by atoms with Gasteiger partial charge < -0.3 is 20.9 Å². The largest absolute Gasteiger partial charge is 0.471 e. The van der Waals surface area contributed by atoms with Gasteiger partial charge in [-0.05, 0) is 55.1 Å². The van der Waals surface area contributed by atoms with Crippen LogP contribution in [-0.2, 0) is 34.6 Å². The van der Waals surface area contributed by atoms with Gasteiger partial charge in [-0.1, -0.05) is 84.9 Å². The van der Waals surface area contributed by atoms with Gasteiger partial charge in [-0.2, -0.15) is 13.2 Å². The van der Waals surface area contributed by atoms with Crippen LogP contribution in [0.15, 0.2) is 71.1 Å². The molecule has 0 aliphatic rings. The molecule has 2 aromatic carbocycles.